The zero-order chi connectivity index (χ0) is 30.8. The molecular weight excluding hydrogens is 563 g/mol. The monoisotopic (exact) mass is 607 g/mol. The third-order valence-corrected chi connectivity index (χ3v) is 15.3. The Morgan fingerprint density at radius 2 is 1.11 bits per heavy atom. The minimum atomic E-state index is -1.78. The van der Waals surface area contributed by atoms with Crippen LogP contribution in [0, 0.1) is 0 Å². The molecule has 0 spiro atoms. The van der Waals surface area contributed by atoms with Crippen molar-refractivity contribution in [2.45, 2.75) is 77.4 Å². The van der Waals surface area contributed by atoms with Crippen molar-refractivity contribution in [2.75, 3.05) is 0 Å². The van der Waals surface area contributed by atoms with Gasteiger partial charge in [-0.15, -0.1) is 0 Å². The highest BCUT2D eigenvalue weighted by atomic mass is 28.3. The van der Waals surface area contributed by atoms with Gasteiger partial charge >= 0.3 is 0 Å². The third-order valence-electron chi connectivity index (χ3n) is 10.0. The Hall–Kier alpha value is -4.15. The van der Waals surface area contributed by atoms with E-state index in [1.165, 1.54) is 111 Å². The second kappa shape index (κ2) is 12.7. The van der Waals surface area contributed by atoms with Crippen LogP contribution in [0.25, 0.3) is 55.1 Å². The molecule has 0 aliphatic rings. The molecule has 0 radical (unpaired) electrons. The maximum Gasteiger partial charge on any atom is 0.134 e. The summed E-state index contributed by atoms with van der Waals surface area (Å²) in [7, 11) is -1.78. The summed E-state index contributed by atoms with van der Waals surface area (Å²) >= 11 is 0. The molecule has 0 unspecified atom stereocenters. The molecule has 0 saturated heterocycles. The highest BCUT2D eigenvalue weighted by Crippen LogP contribution is 2.41. The van der Waals surface area contributed by atoms with E-state index in [4.69, 9.17) is 4.98 Å². The molecular formula is C41H45N3Si-. The molecule has 7 rings (SSSR count). The van der Waals surface area contributed by atoms with Crippen LogP contribution in [0.3, 0.4) is 0 Å². The third kappa shape index (κ3) is 5.09. The largest absolute Gasteiger partial charge is 0.309 e. The predicted molar refractivity (Wildman–Crippen MR) is 197 cm³/mol. The first-order chi connectivity index (χ1) is 22.2. The lowest BCUT2D eigenvalue weighted by Gasteiger charge is -2.43. The van der Waals surface area contributed by atoms with Crippen LogP contribution in [0.2, 0.25) is 18.1 Å². The SMILES string of the molecule is CCCC[Si-](CCCC)(CCCC)c1cccc(-n2c3ccccc3c3ccc4c(c5ccccc5n4-c4ccccc4)c32)n1. The Morgan fingerprint density at radius 1 is 0.511 bits per heavy atom. The summed E-state index contributed by atoms with van der Waals surface area (Å²) in [6.45, 7) is 7.04. The number of unbranched alkanes of at least 4 members (excludes halogenated alkanes) is 3. The molecule has 4 aromatic carbocycles. The lowest BCUT2D eigenvalue weighted by Crippen LogP contribution is -2.49. The summed E-state index contributed by atoms with van der Waals surface area (Å²) in [5.74, 6) is 1.06. The van der Waals surface area contributed by atoms with Crippen molar-refractivity contribution in [3.8, 4) is 11.5 Å². The predicted octanol–water partition coefficient (Wildman–Crippen LogP) is 11.3. The van der Waals surface area contributed by atoms with Crippen molar-refractivity contribution in [3.63, 3.8) is 0 Å². The van der Waals surface area contributed by atoms with Gasteiger partial charge in [0.05, 0.1) is 22.1 Å². The van der Waals surface area contributed by atoms with E-state index in [0.29, 0.717) is 0 Å². The Labute approximate surface area is 268 Å². The first kappa shape index (κ1) is 29.6. The van der Waals surface area contributed by atoms with E-state index in [-0.39, 0.29) is 0 Å². The minimum Gasteiger partial charge on any atom is -0.309 e. The highest BCUT2D eigenvalue weighted by molar-refractivity contribution is 6.91. The molecule has 3 heterocycles. The number of rotatable bonds is 12. The van der Waals surface area contributed by atoms with E-state index in [9.17, 15) is 0 Å². The van der Waals surface area contributed by atoms with Crippen molar-refractivity contribution in [1.82, 2.24) is 14.1 Å². The van der Waals surface area contributed by atoms with Gasteiger partial charge in [-0.3, -0.25) is 9.55 Å². The molecule has 0 N–H and O–H groups in total. The van der Waals surface area contributed by atoms with Crippen LogP contribution >= 0.6 is 0 Å². The van der Waals surface area contributed by atoms with Gasteiger partial charge in [0, 0.05) is 27.2 Å². The summed E-state index contributed by atoms with van der Waals surface area (Å²) in [4.78, 5) is 5.72. The number of aromatic nitrogens is 3. The van der Waals surface area contributed by atoms with Crippen LogP contribution in [0.15, 0.2) is 109 Å². The summed E-state index contributed by atoms with van der Waals surface area (Å²) in [5.41, 5.74) is 6.13. The molecule has 3 nitrogen and oxygen atoms in total. The first-order valence-corrected chi connectivity index (χ1v) is 19.8. The number of nitrogens with zero attached hydrogens (tertiary/aromatic N) is 3. The molecule has 0 aliphatic carbocycles. The van der Waals surface area contributed by atoms with E-state index < -0.39 is 8.07 Å². The van der Waals surface area contributed by atoms with Crippen molar-refractivity contribution in [1.29, 1.82) is 0 Å². The van der Waals surface area contributed by atoms with Gasteiger partial charge in [0.15, 0.2) is 0 Å². The minimum absolute atomic E-state index is 1.06. The second-order valence-corrected chi connectivity index (χ2v) is 17.4. The number of fused-ring (bicyclic) bond motifs is 7. The van der Waals surface area contributed by atoms with Crippen LogP contribution in [0.1, 0.15) is 59.3 Å². The smallest absolute Gasteiger partial charge is 0.134 e. The Bertz CT molecular complexity index is 2060. The molecule has 0 aliphatic heterocycles. The summed E-state index contributed by atoms with van der Waals surface area (Å²) in [6.07, 6.45) is 7.68. The van der Waals surface area contributed by atoms with Gasteiger partial charge in [-0.05, 0) is 36.4 Å². The van der Waals surface area contributed by atoms with Crippen molar-refractivity contribution in [2.24, 2.45) is 0 Å². The molecule has 0 fully saturated rings. The van der Waals surface area contributed by atoms with Crippen LogP contribution in [-0.2, 0) is 0 Å². The van der Waals surface area contributed by atoms with Crippen LogP contribution in [-0.4, -0.2) is 22.2 Å². The van der Waals surface area contributed by atoms with Crippen LogP contribution in [0.5, 0.6) is 0 Å². The van der Waals surface area contributed by atoms with Gasteiger partial charge in [0.2, 0.25) is 0 Å². The van der Waals surface area contributed by atoms with Gasteiger partial charge < -0.3 is 4.57 Å². The molecule has 0 bridgehead atoms. The second-order valence-electron chi connectivity index (χ2n) is 12.9. The molecule has 0 saturated carbocycles. The van der Waals surface area contributed by atoms with Gasteiger partial charge in [0.1, 0.15) is 5.82 Å². The normalized spacial score (nSPS) is 12.2. The van der Waals surface area contributed by atoms with Gasteiger partial charge in [0.25, 0.3) is 0 Å². The zero-order valence-corrected chi connectivity index (χ0v) is 28.1. The van der Waals surface area contributed by atoms with Crippen molar-refractivity contribution < 1.29 is 0 Å². The average molecular weight is 608 g/mol. The van der Waals surface area contributed by atoms with Crippen molar-refractivity contribution >= 4 is 57.0 Å². The summed E-state index contributed by atoms with van der Waals surface area (Å²) in [5, 5.41) is 6.55. The molecule has 7 aromatic rings. The number of hydrogen-bond acceptors (Lipinski definition) is 1. The molecule has 3 aromatic heterocycles. The van der Waals surface area contributed by atoms with E-state index in [1.807, 2.05) is 0 Å². The van der Waals surface area contributed by atoms with Gasteiger partial charge in [-0.1, -0.05) is 145 Å². The van der Waals surface area contributed by atoms with E-state index in [0.717, 1.165) is 5.82 Å². The fourth-order valence-electron chi connectivity index (χ4n) is 7.75. The lowest BCUT2D eigenvalue weighted by molar-refractivity contribution is 0.798. The zero-order valence-electron chi connectivity index (χ0n) is 27.1. The van der Waals surface area contributed by atoms with Crippen molar-refractivity contribution in [3.05, 3.63) is 109 Å². The van der Waals surface area contributed by atoms with Crippen LogP contribution in [0.4, 0.5) is 0 Å². The highest BCUT2D eigenvalue weighted by Gasteiger charge is 2.25. The standard InChI is InChI=1S/C41H45N3Si/c1-4-7-28-45(29-8-5-2,30-9-6-3)39-25-17-24-38(42-39)44-35-22-15-13-20-32(35)33-26-27-37-40(41(33)44)34-21-14-16-23-36(34)43(37)31-18-11-10-12-19-31/h10-27H,4-9,28-30H2,1-3H3/q-1. The Balaban J connectivity index is 1.55. The number of pyridine rings is 1. The number of benzene rings is 4. The number of hydrogen-bond donors (Lipinski definition) is 0. The topological polar surface area (TPSA) is 22.8 Å². The van der Waals surface area contributed by atoms with E-state index in [1.54, 1.807) is 0 Å². The molecule has 0 atom stereocenters. The number of para-hydroxylation sites is 3. The Morgan fingerprint density at radius 3 is 1.78 bits per heavy atom. The fraction of sp³-hybridized carbons (Fsp3) is 0.293. The first-order valence-electron chi connectivity index (χ1n) is 17.2. The fourth-order valence-corrected chi connectivity index (χ4v) is 13.2. The van der Waals surface area contributed by atoms with Gasteiger partial charge in [-0.25, -0.2) is 0 Å². The van der Waals surface area contributed by atoms with Crippen LogP contribution < -0.4 is 5.32 Å². The lowest BCUT2D eigenvalue weighted by atomic mass is 10.1. The van der Waals surface area contributed by atoms with E-state index in [2.05, 4.69) is 139 Å². The van der Waals surface area contributed by atoms with E-state index >= 15 is 0 Å². The maximum absolute atomic E-state index is 5.72. The molecule has 0 amide bonds. The molecule has 45 heavy (non-hydrogen) atoms. The summed E-state index contributed by atoms with van der Waals surface area (Å²) < 4.78 is 4.91. The summed E-state index contributed by atoms with van der Waals surface area (Å²) in [6, 6.07) is 44.2. The quantitative estimate of drug-likeness (QED) is 0.127. The molecule has 4 heteroatoms. The Kier molecular flexibility index (Phi) is 8.33. The average Bonchev–Trinajstić information content (AvgIpc) is 3.61. The maximum atomic E-state index is 5.72. The molecule has 229 valence electrons. The van der Waals surface area contributed by atoms with Gasteiger partial charge in [-0.2, -0.15) is 18.1 Å².